The van der Waals surface area contributed by atoms with Crippen molar-refractivity contribution in [2.45, 2.75) is 17.7 Å². The number of hydrogen-bond acceptors (Lipinski definition) is 5. The minimum absolute atomic E-state index is 0.0238. The summed E-state index contributed by atoms with van der Waals surface area (Å²) < 4.78 is 25.2. The molecule has 1 heterocycles. The second-order valence-electron chi connectivity index (χ2n) is 3.81. The van der Waals surface area contributed by atoms with Crippen LogP contribution in [0.3, 0.4) is 0 Å². The average Bonchev–Trinajstić information content (AvgIpc) is 2.38. The predicted molar refractivity (Wildman–Crippen MR) is 65.6 cm³/mol. The van der Waals surface area contributed by atoms with E-state index in [1.807, 2.05) is 0 Å². The molecular weight excluding hydrogens is 270 g/mol. The molecule has 102 valence electrons. The van der Waals surface area contributed by atoms with E-state index in [4.69, 9.17) is 10.4 Å². The number of hydrogen-bond donors (Lipinski definition) is 1. The molecule has 0 bridgehead atoms. The maximum absolute atomic E-state index is 12.1. The van der Waals surface area contributed by atoms with Gasteiger partial charge >= 0.3 is 5.97 Å². The van der Waals surface area contributed by atoms with Crippen molar-refractivity contribution < 1.29 is 18.3 Å². The maximum Gasteiger partial charge on any atom is 0.303 e. The second kappa shape index (κ2) is 6.26. The number of rotatable bonds is 6. The Balaban J connectivity index is 2.78. The molecule has 0 unspecified atom stereocenters. The summed E-state index contributed by atoms with van der Waals surface area (Å²) in [6.07, 6.45) is 1.25. The van der Waals surface area contributed by atoms with E-state index in [0.717, 1.165) is 10.5 Å². The largest absolute Gasteiger partial charge is 0.481 e. The Kier molecular flexibility index (Phi) is 4.97. The number of aliphatic carboxylic acids is 1. The van der Waals surface area contributed by atoms with Crippen molar-refractivity contribution >= 4 is 16.0 Å². The first-order chi connectivity index (χ1) is 8.87. The van der Waals surface area contributed by atoms with Crippen molar-refractivity contribution in [1.29, 1.82) is 5.26 Å². The van der Waals surface area contributed by atoms with Gasteiger partial charge in [0.15, 0.2) is 0 Å². The van der Waals surface area contributed by atoms with Gasteiger partial charge in [-0.25, -0.2) is 17.7 Å². The van der Waals surface area contributed by atoms with Crippen molar-refractivity contribution in [2.75, 3.05) is 13.6 Å². The SMILES string of the molecule is CN(CCCC(=O)O)S(=O)(=O)c1ccc(C#N)nc1. The average molecular weight is 283 g/mol. The summed E-state index contributed by atoms with van der Waals surface area (Å²) in [5.74, 6) is -0.967. The zero-order valence-electron chi connectivity index (χ0n) is 10.3. The van der Waals surface area contributed by atoms with Crippen LogP contribution >= 0.6 is 0 Å². The lowest BCUT2D eigenvalue weighted by molar-refractivity contribution is -0.137. The van der Waals surface area contributed by atoms with Crippen molar-refractivity contribution in [3.05, 3.63) is 24.0 Å². The van der Waals surface area contributed by atoms with E-state index >= 15 is 0 Å². The van der Waals surface area contributed by atoms with E-state index in [0.29, 0.717) is 0 Å². The molecule has 0 saturated carbocycles. The molecule has 0 amide bonds. The smallest absolute Gasteiger partial charge is 0.303 e. The van der Waals surface area contributed by atoms with Gasteiger partial charge in [0.25, 0.3) is 0 Å². The lowest BCUT2D eigenvalue weighted by atomic mass is 10.3. The molecule has 0 aliphatic carbocycles. The fourth-order valence-corrected chi connectivity index (χ4v) is 2.51. The molecule has 1 N–H and O–H groups in total. The highest BCUT2D eigenvalue weighted by atomic mass is 32.2. The summed E-state index contributed by atoms with van der Waals surface area (Å²) in [6.45, 7) is 0.106. The summed E-state index contributed by atoms with van der Waals surface area (Å²) >= 11 is 0. The Morgan fingerprint density at radius 3 is 2.68 bits per heavy atom. The summed E-state index contributed by atoms with van der Waals surface area (Å²) in [5, 5.41) is 17.1. The van der Waals surface area contributed by atoms with E-state index in [2.05, 4.69) is 4.98 Å². The lowest BCUT2D eigenvalue weighted by Gasteiger charge is -2.16. The van der Waals surface area contributed by atoms with Gasteiger partial charge in [-0.15, -0.1) is 0 Å². The molecule has 19 heavy (non-hydrogen) atoms. The molecule has 1 aromatic rings. The molecule has 0 aliphatic rings. The van der Waals surface area contributed by atoms with Crippen LogP contribution in [-0.2, 0) is 14.8 Å². The predicted octanol–water partition coefficient (Wildman–Crippen LogP) is 0.439. The zero-order valence-corrected chi connectivity index (χ0v) is 11.1. The molecule has 7 nitrogen and oxygen atoms in total. The van der Waals surface area contributed by atoms with Gasteiger partial charge in [-0.2, -0.15) is 5.26 Å². The van der Waals surface area contributed by atoms with Crippen LogP contribution in [0.4, 0.5) is 0 Å². The molecule has 0 aliphatic heterocycles. The first-order valence-corrected chi connectivity index (χ1v) is 6.86. The van der Waals surface area contributed by atoms with Gasteiger partial charge in [-0.1, -0.05) is 0 Å². The third-order valence-corrected chi connectivity index (χ3v) is 4.26. The third kappa shape index (κ3) is 4.01. The zero-order chi connectivity index (χ0) is 14.5. The number of carboxylic acid groups (broad SMARTS) is 1. The van der Waals surface area contributed by atoms with Gasteiger partial charge < -0.3 is 5.11 Å². The van der Waals surface area contributed by atoms with E-state index in [-0.39, 0.29) is 30.0 Å². The number of pyridine rings is 1. The summed E-state index contributed by atoms with van der Waals surface area (Å²) in [5.41, 5.74) is 0.132. The molecule has 0 aromatic carbocycles. The number of nitrogens with zero attached hydrogens (tertiary/aromatic N) is 3. The molecule has 0 radical (unpaired) electrons. The minimum Gasteiger partial charge on any atom is -0.481 e. The normalized spacial score (nSPS) is 11.2. The van der Waals surface area contributed by atoms with E-state index < -0.39 is 16.0 Å². The fourth-order valence-electron chi connectivity index (χ4n) is 1.35. The van der Waals surface area contributed by atoms with Gasteiger partial charge in [0.05, 0.1) is 0 Å². The molecule has 1 aromatic heterocycles. The van der Waals surface area contributed by atoms with E-state index in [9.17, 15) is 13.2 Å². The van der Waals surface area contributed by atoms with Gasteiger partial charge in [0.1, 0.15) is 16.7 Å². The van der Waals surface area contributed by atoms with Gasteiger partial charge in [-0.3, -0.25) is 4.79 Å². The van der Waals surface area contributed by atoms with Crippen LogP contribution in [0.15, 0.2) is 23.2 Å². The van der Waals surface area contributed by atoms with E-state index in [1.165, 1.54) is 19.2 Å². The molecule has 0 spiro atoms. The van der Waals surface area contributed by atoms with Crippen molar-refractivity contribution in [1.82, 2.24) is 9.29 Å². The first kappa shape index (κ1) is 15.1. The molecular formula is C11H13N3O4S. The third-order valence-electron chi connectivity index (χ3n) is 2.42. The summed E-state index contributed by atoms with van der Waals surface area (Å²) in [7, 11) is -2.32. The van der Waals surface area contributed by atoms with Crippen LogP contribution in [0.5, 0.6) is 0 Å². The van der Waals surface area contributed by atoms with Gasteiger partial charge in [0.2, 0.25) is 10.0 Å². The Morgan fingerprint density at radius 1 is 1.53 bits per heavy atom. The lowest BCUT2D eigenvalue weighted by Crippen LogP contribution is -2.28. The van der Waals surface area contributed by atoms with Crippen LogP contribution < -0.4 is 0 Å². The van der Waals surface area contributed by atoms with Crippen LogP contribution in [0.1, 0.15) is 18.5 Å². The number of carbonyl (C=O) groups is 1. The van der Waals surface area contributed by atoms with Crippen molar-refractivity contribution in [3.63, 3.8) is 0 Å². The molecule has 0 atom stereocenters. The summed E-state index contributed by atoms with van der Waals surface area (Å²) in [6, 6.07) is 4.41. The molecule has 1 rings (SSSR count). The second-order valence-corrected chi connectivity index (χ2v) is 5.86. The van der Waals surface area contributed by atoms with Gasteiger partial charge in [-0.05, 0) is 18.6 Å². The van der Waals surface area contributed by atoms with Crippen molar-refractivity contribution in [3.8, 4) is 6.07 Å². The molecule has 0 saturated heterocycles. The van der Waals surface area contributed by atoms with Gasteiger partial charge in [0, 0.05) is 26.2 Å². The summed E-state index contributed by atoms with van der Waals surface area (Å²) in [4.78, 5) is 14.0. The highest BCUT2D eigenvalue weighted by Crippen LogP contribution is 2.13. The Bertz CT molecular complexity index is 589. The van der Waals surface area contributed by atoms with Crippen LogP contribution in [0.2, 0.25) is 0 Å². The monoisotopic (exact) mass is 283 g/mol. The highest BCUT2D eigenvalue weighted by molar-refractivity contribution is 7.89. The Hall–Kier alpha value is -1.98. The fraction of sp³-hybridized carbons (Fsp3) is 0.364. The maximum atomic E-state index is 12.1. The molecule has 8 heteroatoms. The first-order valence-electron chi connectivity index (χ1n) is 5.42. The number of aromatic nitrogens is 1. The van der Waals surface area contributed by atoms with Crippen LogP contribution in [0, 0.1) is 11.3 Å². The topological polar surface area (TPSA) is 111 Å². The Labute approximate surface area is 111 Å². The van der Waals surface area contributed by atoms with Crippen molar-refractivity contribution in [2.24, 2.45) is 0 Å². The standard InChI is InChI=1S/C11H13N3O4S/c1-14(6-2-3-11(15)16)19(17,18)10-5-4-9(7-12)13-8-10/h4-5,8H,2-3,6H2,1H3,(H,15,16). The quantitative estimate of drug-likeness (QED) is 0.810. The highest BCUT2D eigenvalue weighted by Gasteiger charge is 2.20. The minimum atomic E-state index is -3.69. The van der Waals surface area contributed by atoms with E-state index in [1.54, 1.807) is 6.07 Å². The number of sulfonamides is 1. The molecule has 0 fully saturated rings. The van der Waals surface area contributed by atoms with Crippen LogP contribution in [-0.4, -0.2) is 42.4 Å². The van der Waals surface area contributed by atoms with Crippen LogP contribution in [0.25, 0.3) is 0 Å². The number of carboxylic acids is 1. The Morgan fingerprint density at radius 2 is 2.21 bits per heavy atom. The number of nitriles is 1.